The number of thioether (sulfide) groups is 1. The normalized spacial score (nSPS) is 25.5. The number of nitrogens with one attached hydrogen (secondary N) is 1. The van der Waals surface area contributed by atoms with Crippen LogP contribution in [0.25, 0.3) is 0 Å². The Morgan fingerprint density at radius 2 is 2.00 bits per heavy atom. The maximum Gasteiger partial charge on any atom is 0.317 e. The molecular formula is C17H26N4OS. The van der Waals surface area contributed by atoms with Crippen LogP contribution >= 0.6 is 11.8 Å². The van der Waals surface area contributed by atoms with Crippen molar-refractivity contribution in [1.82, 2.24) is 20.1 Å². The van der Waals surface area contributed by atoms with Gasteiger partial charge in [-0.15, -0.1) is 0 Å². The first-order chi connectivity index (χ1) is 11.3. The van der Waals surface area contributed by atoms with Gasteiger partial charge in [-0.05, 0) is 36.8 Å². The van der Waals surface area contributed by atoms with Crippen LogP contribution < -0.4 is 5.32 Å². The SMILES string of the molecule is CS[C@H]1CCC[C@@H]1NC(=O)N1CCN(Cc2ccncc2)CC1. The second-order valence-corrected chi connectivity index (χ2v) is 7.46. The molecule has 1 aliphatic carbocycles. The Kier molecular flexibility index (Phi) is 5.78. The van der Waals surface area contributed by atoms with Crippen molar-refractivity contribution in [3.63, 3.8) is 0 Å². The van der Waals surface area contributed by atoms with Gasteiger partial charge in [-0.2, -0.15) is 11.8 Å². The molecule has 126 valence electrons. The molecule has 0 radical (unpaired) electrons. The third-order valence-electron chi connectivity index (χ3n) is 4.88. The number of hydrogen-bond donors (Lipinski definition) is 1. The number of amides is 2. The lowest BCUT2D eigenvalue weighted by molar-refractivity contribution is 0.133. The zero-order chi connectivity index (χ0) is 16.1. The molecule has 1 saturated carbocycles. The van der Waals surface area contributed by atoms with E-state index in [-0.39, 0.29) is 6.03 Å². The van der Waals surface area contributed by atoms with E-state index in [1.54, 1.807) is 0 Å². The monoisotopic (exact) mass is 334 g/mol. The molecule has 0 spiro atoms. The van der Waals surface area contributed by atoms with E-state index in [4.69, 9.17) is 0 Å². The molecule has 3 rings (SSSR count). The lowest BCUT2D eigenvalue weighted by Gasteiger charge is -2.35. The number of pyridine rings is 1. The summed E-state index contributed by atoms with van der Waals surface area (Å²) in [6.45, 7) is 4.44. The van der Waals surface area contributed by atoms with Gasteiger partial charge >= 0.3 is 6.03 Å². The van der Waals surface area contributed by atoms with Crippen LogP contribution in [0.1, 0.15) is 24.8 Å². The standard InChI is InChI=1S/C17H26N4OS/c1-23-16-4-2-3-15(16)19-17(22)21-11-9-20(10-12-21)13-14-5-7-18-8-6-14/h5-8,15-16H,2-4,9-13H2,1H3,(H,19,22)/t15-,16-/m0/s1. The average molecular weight is 334 g/mol. The number of urea groups is 1. The van der Waals surface area contributed by atoms with Crippen LogP contribution in [-0.4, -0.2) is 64.5 Å². The number of nitrogens with zero attached hydrogens (tertiary/aromatic N) is 3. The van der Waals surface area contributed by atoms with Crippen molar-refractivity contribution in [3.05, 3.63) is 30.1 Å². The lowest BCUT2D eigenvalue weighted by Crippen LogP contribution is -2.53. The molecule has 2 atom stereocenters. The highest BCUT2D eigenvalue weighted by Gasteiger charge is 2.30. The first-order valence-electron chi connectivity index (χ1n) is 8.46. The summed E-state index contributed by atoms with van der Waals surface area (Å²) in [5.74, 6) is 0. The first kappa shape index (κ1) is 16.6. The average Bonchev–Trinajstić information content (AvgIpc) is 3.03. The van der Waals surface area contributed by atoms with E-state index in [0.717, 1.165) is 39.1 Å². The molecule has 23 heavy (non-hydrogen) atoms. The molecule has 1 N–H and O–H groups in total. The molecule has 0 unspecified atom stereocenters. The molecule has 2 amide bonds. The number of rotatable bonds is 4. The van der Waals surface area contributed by atoms with Crippen LogP contribution in [0.4, 0.5) is 4.79 Å². The summed E-state index contributed by atoms with van der Waals surface area (Å²) >= 11 is 1.88. The minimum atomic E-state index is 0.125. The Bertz CT molecular complexity index is 505. The van der Waals surface area contributed by atoms with E-state index in [9.17, 15) is 4.79 Å². The molecule has 1 aliphatic heterocycles. The van der Waals surface area contributed by atoms with E-state index in [0.29, 0.717) is 11.3 Å². The maximum atomic E-state index is 12.5. The van der Waals surface area contributed by atoms with Crippen molar-refractivity contribution >= 4 is 17.8 Å². The van der Waals surface area contributed by atoms with Gasteiger partial charge in [-0.3, -0.25) is 9.88 Å². The van der Waals surface area contributed by atoms with Crippen molar-refractivity contribution in [2.75, 3.05) is 32.4 Å². The second-order valence-electron chi connectivity index (χ2n) is 6.38. The topological polar surface area (TPSA) is 48.5 Å². The van der Waals surface area contributed by atoms with Crippen molar-refractivity contribution < 1.29 is 4.79 Å². The van der Waals surface area contributed by atoms with E-state index in [1.807, 2.05) is 29.1 Å². The molecule has 1 saturated heterocycles. The molecule has 5 nitrogen and oxygen atoms in total. The van der Waals surface area contributed by atoms with Gasteiger partial charge in [0.05, 0.1) is 0 Å². The van der Waals surface area contributed by atoms with Crippen molar-refractivity contribution in [3.8, 4) is 0 Å². The van der Waals surface area contributed by atoms with Crippen molar-refractivity contribution in [1.29, 1.82) is 0 Å². The highest BCUT2D eigenvalue weighted by atomic mass is 32.2. The number of piperazine rings is 1. The third kappa shape index (κ3) is 4.38. The largest absolute Gasteiger partial charge is 0.334 e. The second kappa shape index (κ2) is 8.02. The van der Waals surface area contributed by atoms with Gasteiger partial charge in [0, 0.05) is 56.4 Å². The molecule has 6 heteroatoms. The molecule has 2 aliphatic rings. The van der Waals surface area contributed by atoms with Crippen LogP contribution in [-0.2, 0) is 6.54 Å². The van der Waals surface area contributed by atoms with Crippen molar-refractivity contribution in [2.24, 2.45) is 0 Å². The van der Waals surface area contributed by atoms with Gasteiger partial charge in [0.1, 0.15) is 0 Å². The molecule has 0 aromatic carbocycles. The van der Waals surface area contributed by atoms with Crippen LogP contribution in [0, 0.1) is 0 Å². The fraction of sp³-hybridized carbons (Fsp3) is 0.647. The van der Waals surface area contributed by atoms with Crippen LogP contribution in [0.2, 0.25) is 0 Å². The van der Waals surface area contributed by atoms with Gasteiger partial charge in [0.25, 0.3) is 0 Å². The van der Waals surface area contributed by atoms with Gasteiger partial charge in [0.15, 0.2) is 0 Å². The Morgan fingerprint density at radius 3 is 2.70 bits per heavy atom. The zero-order valence-electron chi connectivity index (χ0n) is 13.8. The molecule has 2 heterocycles. The summed E-state index contributed by atoms with van der Waals surface area (Å²) < 4.78 is 0. The molecule has 1 aromatic rings. The zero-order valence-corrected chi connectivity index (χ0v) is 14.6. The number of aromatic nitrogens is 1. The maximum absolute atomic E-state index is 12.5. The number of hydrogen-bond acceptors (Lipinski definition) is 4. The van der Waals surface area contributed by atoms with E-state index in [2.05, 4.69) is 33.6 Å². The highest BCUT2D eigenvalue weighted by Crippen LogP contribution is 2.28. The van der Waals surface area contributed by atoms with Gasteiger partial charge in [0.2, 0.25) is 0 Å². The molecule has 1 aromatic heterocycles. The number of carbonyl (C=O) groups is 1. The summed E-state index contributed by atoms with van der Waals surface area (Å²) in [7, 11) is 0. The third-order valence-corrected chi connectivity index (χ3v) is 6.05. The fourth-order valence-electron chi connectivity index (χ4n) is 3.48. The quantitative estimate of drug-likeness (QED) is 0.917. The number of carbonyl (C=O) groups excluding carboxylic acids is 1. The van der Waals surface area contributed by atoms with Gasteiger partial charge < -0.3 is 10.2 Å². The summed E-state index contributed by atoms with van der Waals surface area (Å²) in [5, 5.41) is 3.84. The summed E-state index contributed by atoms with van der Waals surface area (Å²) in [6, 6.07) is 4.59. The Labute approximate surface area is 142 Å². The summed E-state index contributed by atoms with van der Waals surface area (Å²) in [5.41, 5.74) is 1.28. The van der Waals surface area contributed by atoms with Crippen LogP contribution in [0.3, 0.4) is 0 Å². The van der Waals surface area contributed by atoms with Crippen LogP contribution in [0.5, 0.6) is 0 Å². The Morgan fingerprint density at radius 1 is 1.26 bits per heavy atom. The summed E-state index contributed by atoms with van der Waals surface area (Å²) in [6.07, 6.45) is 9.40. The first-order valence-corrected chi connectivity index (χ1v) is 9.74. The molecule has 0 bridgehead atoms. The lowest BCUT2D eigenvalue weighted by atomic mass is 10.2. The minimum absolute atomic E-state index is 0.125. The summed E-state index contributed by atoms with van der Waals surface area (Å²) in [4.78, 5) is 20.9. The predicted octanol–water partition coefficient (Wildman–Crippen LogP) is 2.19. The molecule has 2 fully saturated rings. The Hall–Kier alpha value is -1.27. The Balaban J connectivity index is 1.44. The molecular weight excluding hydrogens is 308 g/mol. The van der Waals surface area contributed by atoms with Gasteiger partial charge in [-0.1, -0.05) is 6.42 Å². The van der Waals surface area contributed by atoms with E-state index < -0.39 is 0 Å². The van der Waals surface area contributed by atoms with Crippen molar-refractivity contribution in [2.45, 2.75) is 37.1 Å². The minimum Gasteiger partial charge on any atom is -0.334 e. The van der Waals surface area contributed by atoms with Gasteiger partial charge in [-0.25, -0.2) is 4.79 Å². The van der Waals surface area contributed by atoms with E-state index >= 15 is 0 Å². The fourth-order valence-corrected chi connectivity index (χ4v) is 4.41. The van der Waals surface area contributed by atoms with Crippen LogP contribution in [0.15, 0.2) is 24.5 Å². The van der Waals surface area contributed by atoms with E-state index in [1.165, 1.54) is 18.4 Å². The highest BCUT2D eigenvalue weighted by molar-refractivity contribution is 7.99. The predicted molar refractivity (Wildman–Crippen MR) is 94.6 cm³/mol. The smallest absolute Gasteiger partial charge is 0.317 e.